The molecule has 1 saturated heterocycles. The maximum atomic E-state index is 6.26. The first kappa shape index (κ1) is 23.7. The van der Waals surface area contributed by atoms with Crippen LogP contribution in [0.3, 0.4) is 0 Å². The quantitative estimate of drug-likeness (QED) is 0.475. The normalized spacial score (nSPS) is 17.4. The minimum atomic E-state index is -0.284. The molecule has 2 aliphatic heterocycles. The third-order valence-corrected chi connectivity index (χ3v) is 7.10. The molecule has 3 aromatic rings. The molecule has 0 bridgehead atoms. The van der Waals surface area contributed by atoms with Gasteiger partial charge in [0.2, 0.25) is 5.88 Å². The van der Waals surface area contributed by atoms with Gasteiger partial charge in [-0.25, -0.2) is 4.98 Å². The summed E-state index contributed by atoms with van der Waals surface area (Å²) < 4.78 is 24.6. The number of anilines is 2. The van der Waals surface area contributed by atoms with Crippen LogP contribution in [0.15, 0.2) is 41.1 Å². The van der Waals surface area contributed by atoms with Crippen LogP contribution >= 0.6 is 15.9 Å². The van der Waals surface area contributed by atoms with Crippen molar-refractivity contribution in [3.8, 4) is 23.1 Å². The number of nitrogens with one attached hydrogen (secondary N) is 1. The van der Waals surface area contributed by atoms with Crippen LogP contribution in [0.25, 0.3) is 0 Å². The van der Waals surface area contributed by atoms with Crippen molar-refractivity contribution in [1.82, 2.24) is 14.9 Å². The molecule has 35 heavy (non-hydrogen) atoms. The predicted molar refractivity (Wildman–Crippen MR) is 137 cm³/mol. The van der Waals surface area contributed by atoms with E-state index < -0.39 is 0 Å². The van der Waals surface area contributed by atoms with Crippen molar-refractivity contribution in [2.45, 2.75) is 13.0 Å². The molecule has 2 aromatic carbocycles. The van der Waals surface area contributed by atoms with Crippen LogP contribution in [0, 0.1) is 6.92 Å². The zero-order chi connectivity index (χ0) is 24.4. The largest absolute Gasteiger partial charge is 0.493 e. The number of nitrogens with two attached hydrogens (primary N) is 1. The van der Waals surface area contributed by atoms with Crippen LogP contribution in [-0.2, 0) is 4.74 Å². The van der Waals surface area contributed by atoms with Gasteiger partial charge in [0.1, 0.15) is 24.4 Å². The van der Waals surface area contributed by atoms with Crippen molar-refractivity contribution in [3.63, 3.8) is 0 Å². The van der Waals surface area contributed by atoms with Crippen LogP contribution in [-0.4, -0.2) is 61.4 Å². The van der Waals surface area contributed by atoms with Gasteiger partial charge in [0.25, 0.3) is 0 Å². The summed E-state index contributed by atoms with van der Waals surface area (Å²) in [4.78, 5) is 10.8. The van der Waals surface area contributed by atoms with Gasteiger partial charge in [0.05, 0.1) is 26.4 Å². The molecule has 2 aliphatic rings. The number of nitrogens with zero attached hydrogens (tertiary/aromatic N) is 3. The SMILES string of the molecule is COc1cc2c(cc1OCCN1CCOCC1)Oc1ncnc(N)c1NC2c1ccc(C)c(Br)c1. The monoisotopic (exact) mass is 541 g/mol. The Balaban J connectivity index is 1.52. The molecule has 0 saturated carbocycles. The third kappa shape index (κ3) is 5.00. The highest BCUT2D eigenvalue weighted by atomic mass is 79.9. The summed E-state index contributed by atoms with van der Waals surface area (Å²) >= 11 is 3.65. The van der Waals surface area contributed by atoms with E-state index >= 15 is 0 Å². The van der Waals surface area contributed by atoms with Gasteiger partial charge >= 0.3 is 0 Å². The van der Waals surface area contributed by atoms with E-state index in [1.165, 1.54) is 6.33 Å². The van der Waals surface area contributed by atoms with Crippen LogP contribution in [0.2, 0.25) is 0 Å². The lowest BCUT2D eigenvalue weighted by molar-refractivity contribution is 0.0321. The fraction of sp³-hybridized carbons (Fsp3) is 0.360. The van der Waals surface area contributed by atoms with E-state index in [4.69, 9.17) is 24.7 Å². The standard InChI is InChI=1S/C25H28BrN5O4/c1-15-3-4-16(11-18(15)26)22-17-12-20(32-2)21(34-10-7-31-5-8-33-9-6-31)13-19(17)35-25-23(30-22)24(27)28-14-29-25/h3-4,11-14,22,30H,5-10H2,1-2H3,(H2,27,28,29). The second kappa shape index (κ2) is 10.3. The molecule has 0 aliphatic carbocycles. The summed E-state index contributed by atoms with van der Waals surface area (Å²) in [5.74, 6) is 2.51. The molecule has 1 fully saturated rings. The summed E-state index contributed by atoms with van der Waals surface area (Å²) in [5, 5.41) is 3.49. The Bertz CT molecular complexity index is 1220. The van der Waals surface area contributed by atoms with Crippen molar-refractivity contribution in [2.75, 3.05) is 57.6 Å². The fourth-order valence-electron chi connectivity index (χ4n) is 4.23. The molecule has 0 spiro atoms. The Morgan fingerprint density at radius 1 is 1.17 bits per heavy atom. The Morgan fingerprint density at radius 3 is 2.77 bits per heavy atom. The van der Waals surface area contributed by atoms with Crippen molar-refractivity contribution < 1.29 is 18.9 Å². The van der Waals surface area contributed by atoms with Gasteiger partial charge in [-0.2, -0.15) is 4.98 Å². The van der Waals surface area contributed by atoms with E-state index in [0.29, 0.717) is 41.2 Å². The number of morpholine rings is 1. The van der Waals surface area contributed by atoms with Crippen LogP contribution in [0.4, 0.5) is 11.5 Å². The maximum Gasteiger partial charge on any atom is 0.248 e. The number of aryl methyl sites for hydroxylation is 1. The smallest absolute Gasteiger partial charge is 0.248 e. The van der Waals surface area contributed by atoms with Gasteiger partial charge in [0.15, 0.2) is 17.3 Å². The topological polar surface area (TPSA) is 104 Å². The summed E-state index contributed by atoms with van der Waals surface area (Å²) in [5.41, 5.74) is 9.77. The maximum absolute atomic E-state index is 6.26. The first-order valence-corrected chi connectivity index (χ1v) is 12.3. The predicted octanol–water partition coefficient (Wildman–Crippen LogP) is 4.16. The molecule has 0 amide bonds. The van der Waals surface area contributed by atoms with Crippen molar-refractivity contribution in [3.05, 3.63) is 57.8 Å². The lowest BCUT2D eigenvalue weighted by Crippen LogP contribution is -2.38. The number of ether oxygens (including phenoxy) is 4. The molecule has 3 N–H and O–H groups in total. The van der Waals surface area contributed by atoms with Gasteiger partial charge in [-0.3, -0.25) is 4.90 Å². The Labute approximate surface area is 212 Å². The Hall–Kier alpha value is -3.08. The number of rotatable bonds is 6. The lowest BCUT2D eigenvalue weighted by atomic mass is 9.96. The molecule has 0 radical (unpaired) electrons. The molecule has 1 atom stereocenters. The number of halogens is 1. The highest BCUT2D eigenvalue weighted by Crippen LogP contribution is 2.47. The van der Waals surface area contributed by atoms with E-state index in [9.17, 15) is 0 Å². The molecule has 3 heterocycles. The Morgan fingerprint density at radius 2 is 2.00 bits per heavy atom. The van der Waals surface area contributed by atoms with Crippen molar-refractivity contribution in [1.29, 1.82) is 0 Å². The molecule has 5 rings (SSSR count). The number of fused-ring (bicyclic) bond motifs is 2. The number of nitrogen functional groups attached to an aromatic ring is 1. The second-order valence-electron chi connectivity index (χ2n) is 8.47. The second-order valence-corrected chi connectivity index (χ2v) is 9.32. The number of hydrogen-bond acceptors (Lipinski definition) is 9. The zero-order valence-electron chi connectivity index (χ0n) is 19.7. The summed E-state index contributed by atoms with van der Waals surface area (Å²) in [6.07, 6.45) is 1.39. The van der Waals surface area contributed by atoms with Gasteiger partial charge < -0.3 is 30.0 Å². The third-order valence-electron chi connectivity index (χ3n) is 6.24. The van der Waals surface area contributed by atoms with E-state index in [1.54, 1.807) is 7.11 Å². The molecule has 184 valence electrons. The van der Waals surface area contributed by atoms with Crippen LogP contribution in [0.1, 0.15) is 22.7 Å². The number of methoxy groups -OCH3 is 1. The fourth-order valence-corrected chi connectivity index (χ4v) is 4.62. The summed E-state index contributed by atoms with van der Waals surface area (Å²) in [6, 6.07) is 9.75. The van der Waals surface area contributed by atoms with Crippen molar-refractivity contribution in [2.24, 2.45) is 0 Å². The summed E-state index contributed by atoms with van der Waals surface area (Å²) in [6.45, 7) is 6.70. The molecule has 1 unspecified atom stereocenters. The average Bonchev–Trinajstić information content (AvgIpc) is 3.03. The van der Waals surface area contributed by atoms with Crippen LogP contribution < -0.4 is 25.3 Å². The minimum Gasteiger partial charge on any atom is -0.493 e. The molecule has 1 aromatic heterocycles. The van der Waals surface area contributed by atoms with Gasteiger partial charge in [-0.15, -0.1) is 0 Å². The lowest BCUT2D eigenvalue weighted by Gasteiger charge is -2.26. The van der Waals surface area contributed by atoms with E-state index in [-0.39, 0.29) is 6.04 Å². The number of benzene rings is 2. The number of hydrogen-bond donors (Lipinski definition) is 2. The highest BCUT2D eigenvalue weighted by Gasteiger charge is 2.29. The highest BCUT2D eigenvalue weighted by molar-refractivity contribution is 9.10. The van der Waals surface area contributed by atoms with Gasteiger partial charge in [-0.1, -0.05) is 28.1 Å². The number of aromatic nitrogens is 2. The average molecular weight is 542 g/mol. The van der Waals surface area contributed by atoms with E-state index in [2.05, 4.69) is 61.2 Å². The molecular weight excluding hydrogens is 514 g/mol. The van der Waals surface area contributed by atoms with E-state index in [0.717, 1.165) is 54.0 Å². The first-order valence-electron chi connectivity index (χ1n) is 11.5. The van der Waals surface area contributed by atoms with E-state index in [1.807, 2.05) is 12.1 Å². The van der Waals surface area contributed by atoms with Crippen molar-refractivity contribution >= 4 is 27.4 Å². The van der Waals surface area contributed by atoms with Gasteiger partial charge in [0, 0.05) is 35.7 Å². The minimum absolute atomic E-state index is 0.284. The van der Waals surface area contributed by atoms with Crippen LogP contribution in [0.5, 0.6) is 23.1 Å². The first-order chi connectivity index (χ1) is 17.0. The molecular formula is C25H28BrN5O4. The zero-order valence-corrected chi connectivity index (χ0v) is 21.3. The molecule has 10 heteroatoms. The molecule has 9 nitrogen and oxygen atoms in total. The summed E-state index contributed by atoms with van der Waals surface area (Å²) in [7, 11) is 1.64. The van der Waals surface area contributed by atoms with Gasteiger partial charge in [-0.05, 0) is 30.2 Å². The Kier molecular flexibility index (Phi) is 6.94.